The average Bonchev–Trinajstić information content (AvgIpc) is 3.16. The quantitative estimate of drug-likeness (QED) is 0.520. The first-order valence-electron chi connectivity index (χ1n) is 9.79. The zero-order valence-corrected chi connectivity index (χ0v) is 17.7. The van der Waals surface area contributed by atoms with E-state index in [1.165, 1.54) is 11.5 Å². The van der Waals surface area contributed by atoms with Crippen molar-refractivity contribution in [1.29, 1.82) is 0 Å². The molecular formula is C22H21N5O2S. The van der Waals surface area contributed by atoms with E-state index in [1.54, 1.807) is 17.9 Å². The predicted molar refractivity (Wildman–Crippen MR) is 118 cm³/mol. The molecule has 3 heterocycles. The Morgan fingerprint density at radius 3 is 2.90 bits per heavy atom. The van der Waals surface area contributed by atoms with Gasteiger partial charge in [-0.05, 0) is 42.1 Å². The van der Waals surface area contributed by atoms with Crippen molar-refractivity contribution < 1.29 is 9.53 Å². The van der Waals surface area contributed by atoms with Crippen LogP contribution < -0.4 is 10.1 Å². The van der Waals surface area contributed by atoms with Crippen LogP contribution in [0.3, 0.4) is 0 Å². The van der Waals surface area contributed by atoms with Crippen LogP contribution in [0.15, 0.2) is 42.6 Å². The Kier molecular flexibility index (Phi) is 4.51. The number of methoxy groups -OCH3 is 1. The number of amides is 1. The van der Waals surface area contributed by atoms with Gasteiger partial charge in [-0.3, -0.25) is 9.48 Å². The van der Waals surface area contributed by atoms with Crippen LogP contribution in [0.25, 0.3) is 33.4 Å². The van der Waals surface area contributed by atoms with E-state index in [-0.39, 0.29) is 11.8 Å². The molecule has 4 aromatic rings. The number of hydrogen-bond acceptors (Lipinski definition) is 6. The van der Waals surface area contributed by atoms with E-state index in [2.05, 4.69) is 28.4 Å². The number of carbonyl (C=O) groups is 1. The molecule has 1 aliphatic rings. The minimum absolute atomic E-state index is 0.0459. The number of carbonyl (C=O) groups excluding carboxylic acids is 1. The van der Waals surface area contributed by atoms with Gasteiger partial charge in [0.2, 0.25) is 11.8 Å². The molecule has 0 aliphatic heterocycles. The smallest absolute Gasteiger partial charge is 0.228 e. The second-order valence-corrected chi connectivity index (χ2v) is 8.46. The maximum atomic E-state index is 12.6. The third-order valence-corrected chi connectivity index (χ3v) is 6.22. The van der Waals surface area contributed by atoms with Gasteiger partial charge in [-0.1, -0.05) is 19.1 Å². The van der Waals surface area contributed by atoms with Crippen molar-refractivity contribution >= 4 is 33.3 Å². The number of rotatable bonds is 5. The summed E-state index contributed by atoms with van der Waals surface area (Å²) in [6, 6.07) is 11.7. The fourth-order valence-corrected chi connectivity index (χ4v) is 4.48. The molecule has 152 valence electrons. The molecule has 0 radical (unpaired) electrons. The lowest BCUT2D eigenvalue weighted by molar-refractivity contribution is -0.117. The summed E-state index contributed by atoms with van der Waals surface area (Å²) >= 11 is 1.28. The molecule has 1 aromatic carbocycles. The summed E-state index contributed by atoms with van der Waals surface area (Å²) < 4.78 is 11.8. The molecule has 8 heteroatoms. The highest BCUT2D eigenvalue weighted by Crippen LogP contribution is 2.43. The van der Waals surface area contributed by atoms with Crippen LogP contribution in [0.2, 0.25) is 0 Å². The Morgan fingerprint density at radius 1 is 1.30 bits per heavy atom. The van der Waals surface area contributed by atoms with Crippen LogP contribution in [-0.2, 0) is 11.8 Å². The van der Waals surface area contributed by atoms with Gasteiger partial charge in [0.1, 0.15) is 5.00 Å². The SMILES string of the molecule is COc1cccc(-c2c(-c3ccc4nn(C)cc4c3)nsc2NC(=O)[C@@H]2C[C@H]2C)n1. The number of hydrogen-bond donors (Lipinski definition) is 1. The van der Waals surface area contributed by atoms with Crippen molar-refractivity contribution in [2.75, 3.05) is 12.4 Å². The summed E-state index contributed by atoms with van der Waals surface area (Å²) in [6.07, 6.45) is 2.91. The summed E-state index contributed by atoms with van der Waals surface area (Å²) in [4.78, 5) is 17.2. The number of fused-ring (bicyclic) bond motifs is 1. The minimum atomic E-state index is 0.0459. The lowest BCUT2D eigenvalue weighted by atomic mass is 10.0. The molecule has 1 N–H and O–H groups in total. The molecule has 1 saturated carbocycles. The number of anilines is 1. The number of nitrogens with one attached hydrogen (secondary N) is 1. The third kappa shape index (κ3) is 3.33. The van der Waals surface area contributed by atoms with Crippen molar-refractivity contribution in [3.63, 3.8) is 0 Å². The molecule has 2 atom stereocenters. The van der Waals surface area contributed by atoms with E-state index in [4.69, 9.17) is 9.11 Å². The average molecular weight is 420 g/mol. The van der Waals surface area contributed by atoms with Crippen LogP contribution in [-0.4, -0.2) is 32.2 Å². The van der Waals surface area contributed by atoms with Crippen molar-refractivity contribution in [1.82, 2.24) is 19.1 Å². The van der Waals surface area contributed by atoms with E-state index >= 15 is 0 Å². The topological polar surface area (TPSA) is 81.9 Å². The first-order chi connectivity index (χ1) is 14.5. The number of aromatic nitrogens is 4. The van der Waals surface area contributed by atoms with Gasteiger partial charge in [0, 0.05) is 36.2 Å². The molecule has 0 bridgehead atoms. The van der Waals surface area contributed by atoms with Gasteiger partial charge in [0.15, 0.2) is 0 Å². The van der Waals surface area contributed by atoms with E-state index in [1.807, 2.05) is 37.5 Å². The summed E-state index contributed by atoms with van der Waals surface area (Å²) in [6.45, 7) is 2.09. The molecule has 0 unspecified atom stereocenters. The standard InChI is InChI=1S/C22H21N5O2S/c1-12-9-15(12)21(28)24-22-19(17-5-4-6-18(23-17)29-3)20(26-30-22)13-7-8-16-14(10-13)11-27(2)25-16/h4-8,10-12,15H,9H2,1-3H3,(H,24,28)/t12-,15-/m1/s1. The summed E-state index contributed by atoms with van der Waals surface area (Å²) in [7, 11) is 3.49. The molecule has 0 spiro atoms. The van der Waals surface area contributed by atoms with Crippen LogP contribution in [0, 0.1) is 11.8 Å². The number of ether oxygens (including phenoxy) is 1. The van der Waals surface area contributed by atoms with Crippen molar-refractivity contribution in [3.8, 4) is 28.4 Å². The Balaban J connectivity index is 1.63. The summed E-state index contributed by atoms with van der Waals surface area (Å²) in [5.74, 6) is 1.07. The van der Waals surface area contributed by atoms with Gasteiger partial charge in [0.05, 0.1) is 29.6 Å². The third-order valence-electron chi connectivity index (χ3n) is 5.46. The number of pyridine rings is 1. The van der Waals surface area contributed by atoms with E-state index in [9.17, 15) is 4.79 Å². The molecule has 7 nitrogen and oxygen atoms in total. The van der Waals surface area contributed by atoms with E-state index in [0.29, 0.717) is 22.5 Å². The predicted octanol–water partition coefficient (Wildman–Crippen LogP) is 4.36. The van der Waals surface area contributed by atoms with E-state index in [0.717, 1.165) is 34.1 Å². The Morgan fingerprint density at radius 2 is 2.13 bits per heavy atom. The maximum Gasteiger partial charge on any atom is 0.228 e. The van der Waals surface area contributed by atoms with Crippen molar-refractivity contribution in [2.24, 2.45) is 18.9 Å². The monoisotopic (exact) mass is 419 g/mol. The second kappa shape index (κ2) is 7.21. The number of benzene rings is 1. The molecule has 5 rings (SSSR count). The molecule has 1 fully saturated rings. The molecule has 30 heavy (non-hydrogen) atoms. The summed E-state index contributed by atoms with van der Waals surface area (Å²) in [5.41, 5.74) is 4.18. The molecule has 1 amide bonds. The molecular weight excluding hydrogens is 398 g/mol. The Hall–Kier alpha value is -3.26. The van der Waals surface area contributed by atoms with Crippen LogP contribution in [0.5, 0.6) is 5.88 Å². The molecule has 0 saturated heterocycles. The summed E-state index contributed by atoms with van der Waals surface area (Å²) in [5, 5.41) is 9.27. The maximum absolute atomic E-state index is 12.6. The largest absolute Gasteiger partial charge is 0.481 e. The van der Waals surface area contributed by atoms with E-state index < -0.39 is 0 Å². The van der Waals surface area contributed by atoms with Gasteiger partial charge < -0.3 is 10.1 Å². The van der Waals surface area contributed by atoms with Gasteiger partial charge in [0.25, 0.3) is 0 Å². The Labute approximate surface area is 177 Å². The lowest BCUT2D eigenvalue weighted by Crippen LogP contribution is -2.14. The first kappa shape index (κ1) is 18.7. The van der Waals surface area contributed by atoms with Crippen LogP contribution in [0.1, 0.15) is 13.3 Å². The fraction of sp³-hybridized carbons (Fsp3) is 0.273. The van der Waals surface area contributed by atoms with Gasteiger partial charge in [-0.15, -0.1) is 0 Å². The van der Waals surface area contributed by atoms with Gasteiger partial charge in [-0.25, -0.2) is 4.98 Å². The lowest BCUT2D eigenvalue weighted by Gasteiger charge is -2.09. The van der Waals surface area contributed by atoms with Gasteiger partial charge in [-0.2, -0.15) is 9.47 Å². The molecule has 1 aliphatic carbocycles. The van der Waals surface area contributed by atoms with Crippen molar-refractivity contribution in [2.45, 2.75) is 13.3 Å². The number of nitrogens with zero attached hydrogens (tertiary/aromatic N) is 4. The second-order valence-electron chi connectivity index (χ2n) is 7.69. The minimum Gasteiger partial charge on any atom is -0.481 e. The highest BCUT2D eigenvalue weighted by Gasteiger charge is 2.39. The highest BCUT2D eigenvalue weighted by atomic mass is 32.1. The normalized spacial score (nSPS) is 17.8. The zero-order valence-electron chi connectivity index (χ0n) is 16.9. The van der Waals surface area contributed by atoms with Crippen molar-refractivity contribution in [3.05, 3.63) is 42.6 Å². The van der Waals surface area contributed by atoms with Gasteiger partial charge >= 0.3 is 0 Å². The highest BCUT2D eigenvalue weighted by molar-refractivity contribution is 7.11. The zero-order chi connectivity index (χ0) is 20.8. The number of aryl methyl sites for hydroxylation is 1. The van der Waals surface area contributed by atoms with Crippen LogP contribution in [0.4, 0.5) is 5.00 Å². The first-order valence-corrected chi connectivity index (χ1v) is 10.6. The fourth-order valence-electron chi connectivity index (χ4n) is 3.67. The molecule has 3 aromatic heterocycles. The Bertz CT molecular complexity index is 1260. The van der Waals surface area contributed by atoms with Crippen LogP contribution >= 0.6 is 11.5 Å².